The molecule has 22 heavy (non-hydrogen) atoms. The number of likely N-dealkylation sites (N-methyl/N-ethyl adjacent to an activating group) is 1. The Morgan fingerprint density at radius 1 is 1.23 bits per heavy atom. The Bertz CT molecular complexity index is 519. The van der Waals surface area contributed by atoms with Gasteiger partial charge in [-0.2, -0.15) is 0 Å². The van der Waals surface area contributed by atoms with Gasteiger partial charge in [0.1, 0.15) is 6.17 Å². The van der Waals surface area contributed by atoms with E-state index in [1.165, 1.54) is 0 Å². The number of nitrogens with zero attached hydrogens (tertiary/aromatic N) is 2. The lowest BCUT2D eigenvalue weighted by atomic mass is 9.95. The van der Waals surface area contributed by atoms with Gasteiger partial charge in [-0.1, -0.05) is 48.8 Å². The van der Waals surface area contributed by atoms with Crippen molar-refractivity contribution in [2.24, 2.45) is 5.41 Å². The van der Waals surface area contributed by atoms with E-state index in [4.69, 9.17) is 0 Å². The highest BCUT2D eigenvalue weighted by Crippen LogP contribution is 2.24. The number of piperazine rings is 1. The average molecular weight is 368 g/mol. The molecule has 1 aliphatic rings. The fourth-order valence-corrected chi connectivity index (χ4v) is 2.90. The van der Waals surface area contributed by atoms with Crippen molar-refractivity contribution in [2.45, 2.75) is 26.9 Å². The number of rotatable bonds is 3. The van der Waals surface area contributed by atoms with E-state index in [1.807, 2.05) is 32.9 Å². The normalized spacial score (nSPS) is 19.0. The van der Waals surface area contributed by atoms with Crippen LogP contribution in [0.4, 0.5) is 0 Å². The molecule has 4 nitrogen and oxygen atoms in total. The minimum Gasteiger partial charge on any atom is -0.336 e. The molecule has 1 heterocycles. The lowest BCUT2D eigenvalue weighted by Crippen LogP contribution is -2.52. The molecule has 0 aromatic heterocycles. The number of nitrogens with one attached hydrogen (secondary N) is 1. The summed E-state index contributed by atoms with van der Waals surface area (Å²) in [6.45, 7) is 9.81. The number of hydrogen-bond acceptors (Lipinski definition) is 3. The summed E-state index contributed by atoms with van der Waals surface area (Å²) in [6.07, 6.45) is -0.0714. The maximum Gasteiger partial charge on any atom is 0.226 e. The van der Waals surface area contributed by atoms with Crippen LogP contribution in [0.5, 0.6) is 0 Å². The second-order valence-corrected chi connectivity index (χ2v) is 7.94. The summed E-state index contributed by atoms with van der Waals surface area (Å²) in [7, 11) is 2.14. The summed E-state index contributed by atoms with van der Waals surface area (Å²) in [5, 5.41) is 3.23. The molecule has 5 heteroatoms. The van der Waals surface area contributed by atoms with E-state index in [0.717, 1.165) is 36.2 Å². The lowest BCUT2D eigenvalue weighted by Gasteiger charge is -2.39. The fraction of sp³-hybridized carbons (Fsp3) is 0.588. The van der Waals surface area contributed by atoms with Crippen LogP contribution in [0, 0.1) is 5.41 Å². The van der Waals surface area contributed by atoms with Crippen molar-refractivity contribution in [3.05, 3.63) is 34.3 Å². The summed E-state index contributed by atoms with van der Waals surface area (Å²) in [5.41, 5.74) is 0.730. The van der Waals surface area contributed by atoms with Crippen LogP contribution in [0.2, 0.25) is 0 Å². The van der Waals surface area contributed by atoms with Crippen LogP contribution in [0.1, 0.15) is 32.5 Å². The molecule has 1 saturated heterocycles. The van der Waals surface area contributed by atoms with Gasteiger partial charge in [-0.3, -0.25) is 9.69 Å². The van der Waals surface area contributed by atoms with E-state index in [1.54, 1.807) is 0 Å². The molecule has 0 spiro atoms. The maximum absolute atomic E-state index is 12.5. The molecule has 0 radical (unpaired) electrons. The lowest BCUT2D eigenvalue weighted by molar-refractivity contribution is -0.131. The summed E-state index contributed by atoms with van der Waals surface area (Å²) in [6, 6.07) is 8.20. The van der Waals surface area contributed by atoms with Crippen molar-refractivity contribution in [1.82, 2.24) is 15.1 Å². The Morgan fingerprint density at radius 3 is 2.41 bits per heavy atom. The number of hydrogen-bond donors (Lipinski definition) is 1. The largest absolute Gasteiger partial charge is 0.336 e. The van der Waals surface area contributed by atoms with Crippen LogP contribution in [0.25, 0.3) is 0 Å². The molecule has 2 rings (SSSR count). The molecule has 122 valence electrons. The van der Waals surface area contributed by atoms with Gasteiger partial charge in [-0.25, -0.2) is 0 Å². The first-order valence-corrected chi connectivity index (χ1v) is 8.56. The van der Waals surface area contributed by atoms with Gasteiger partial charge >= 0.3 is 0 Å². The topological polar surface area (TPSA) is 35.6 Å². The van der Waals surface area contributed by atoms with E-state index in [2.05, 4.69) is 50.2 Å². The minimum atomic E-state index is -0.392. The Hall–Kier alpha value is -0.910. The third kappa shape index (κ3) is 4.54. The zero-order chi connectivity index (χ0) is 16.3. The Labute approximate surface area is 142 Å². The van der Waals surface area contributed by atoms with E-state index in [-0.39, 0.29) is 12.1 Å². The Morgan fingerprint density at radius 2 is 1.86 bits per heavy atom. The van der Waals surface area contributed by atoms with Crippen LogP contribution in [0.15, 0.2) is 28.7 Å². The second-order valence-electron chi connectivity index (χ2n) is 7.02. The molecule has 1 aliphatic heterocycles. The van der Waals surface area contributed by atoms with E-state index in [9.17, 15) is 4.79 Å². The molecule has 1 fully saturated rings. The number of carbonyl (C=O) groups excluding carboxylic acids is 1. The van der Waals surface area contributed by atoms with Crippen molar-refractivity contribution in [2.75, 3.05) is 33.2 Å². The van der Waals surface area contributed by atoms with Crippen molar-refractivity contribution in [3.63, 3.8) is 0 Å². The predicted octanol–water partition coefficient (Wildman–Crippen LogP) is 2.86. The van der Waals surface area contributed by atoms with Gasteiger partial charge in [0, 0.05) is 36.1 Å². The predicted molar refractivity (Wildman–Crippen MR) is 93.6 cm³/mol. The zero-order valence-electron chi connectivity index (χ0n) is 13.9. The van der Waals surface area contributed by atoms with Crippen LogP contribution < -0.4 is 5.32 Å². The molecular formula is C17H26BrN3O. The summed E-state index contributed by atoms with van der Waals surface area (Å²) >= 11 is 3.53. The summed E-state index contributed by atoms with van der Waals surface area (Å²) < 4.78 is 1.04. The highest BCUT2D eigenvalue weighted by Gasteiger charge is 2.29. The molecule has 1 amide bonds. The SMILES string of the molecule is CN1CCN(C(NC(=O)C(C)(C)C)c2cccc(Br)c2)CC1. The van der Waals surface area contributed by atoms with E-state index in [0.29, 0.717) is 0 Å². The van der Waals surface area contributed by atoms with Gasteiger partial charge in [0.2, 0.25) is 5.91 Å². The van der Waals surface area contributed by atoms with Crippen LogP contribution >= 0.6 is 15.9 Å². The van der Waals surface area contributed by atoms with Crippen molar-refractivity contribution in [3.8, 4) is 0 Å². The fourth-order valence-electron chi connectivity index (χ4n) is 2.48. The Kier molecular flexibility index (Phi) is 5.64. The molecule has 0 bridgehead atoms. The monoisotopic (exact) mass is 367 g/mol. The van der Waals surface area contributed by atoms with Crippen LogP contribution in [-0.2, 0) is 4.79 Å². The van der Waals surface area contributed by atoms with Gasteiger partial charge in [-0.15, -0.1) is 0 Å². The van der Waals surface area contributed by atoms with E-state index >= 15 is 0 Å². The Balaban J connectivity index is 2.22. The number of amides is 1. The summed E-state index contributed by atoms with van der Waals surface area (Å²) in [4.78, 5) is 17.2. The van der Waals surface area contributed by atoms with E-state index < -0.39 is 5.41 Å². The average Bonchev–Trinajstić information content (AvgIpc) is 2.44. The molecule has 0 saturated carbocycles. The molecule has 1 N–H and O–H groups in total. The molecular weight excluding hydrogens is 342 g/mol. The second kappa shape index (κ2) is 7.11. The van der Waals surface area contributed by atoms with Gasteiger partial charge in [0.25, 0.3) is 0 Å². The third-order valence-electron chi connectivity index (χ3n) is 4.02. The van der Waals surface area contributed by atoms with Crippen LogP contribution in [-0.4, -0.2) is 48.9 Å². The number of benzene rings is 1. The van der Waals surface area contributed by atoms with Crippen molar-refractivity contribution in [1.29, 1.82) is 0 Å². The quantitative estimate of drug-likeness (QED) is 0.891. The van der Waals surface area contributed by atoms with Gasteiger partial charge < -0.3 is 10.2 Å². The number of halogens is 1. The first-order chi connectivity index (χ1) is 10.3. The summed E-state index contributed by atoms with van der Waals surface area (Å²) in [5.74, 6) is 0.0800. The highest BCUT2D eigenvalue weighted by atomic mass is 79.9. The van der Waals surface area contributed by atoms with Crippen molar-refractivity contribution >= 4 is 21.8 Å². The standard InChI is InChI=1S/C17H26BrN3O/c1-17(2,3)16(22)19-15(13-6-5-7-14(18)12-13)21-10-8-20(4)9-11-21/h5-7,12,15H,8-11H2,1-4H3,(H,19,22). The first kappa shape index (κ1) is 17.4. The van der Waals surface area contributed by atoms with Gasteiger partial charge in [0.05, 0.1) is 0 Å². The molecule has 0 aliphatic carbocycles. The first-order valence-electron chi connectivity index (χ1n) is 7.76. The van der Waals surface area contributed by atoms with Crippen molar-refractivity contribution < 1.29 is 4.79 Å². The van der Waals surface area contributed by atoms with Crippen LogP contribution in [0.3, 0.4) is 0 Å². The molecule has 1 aromatic carbocycles. The third-order valence-corrected chi connectivity index (χ3v) is 4.51. The zero-order valence-corrected chi connectivity index (χ0v) is 15.5. The molecule has 1 atom stereocenters. The molecule has 1 aromatic rings. The maximum atomic E-state index is 12.5. The van der Waals surface area contributed by atoms with Gasteiger partial charge in [-0.05, 0) is 24.7 Å². The minimum absolute atomic E-state index is 0.0714. The van der Waals surface area contributed by atoms with Gasteiger partial charge in [0.15, 0.2) is 0 Å². The smallest absolute Gasteiger partial charge is 0.226 e. The number of carbonyl (C=O) groups is 1. The highest BCUT2D eigenvalue weighted by molar-refractivity contribution is 9.10. The molecule has 1 unspecified atom stereocenters.